The molecule has 0 atom stereocenters. The molecule has 0 amide bonds. The van der Waals surface area contributed by atoms with E-state index in [0.717, 1.165) is 34.8 Å². The molecule has 0 saturated heterocycles. The minimum Gasteiger partial charge on any atom is -0.489 e. The van der Waals surface area contributed by atoms with Crippen molar-refractivity contribution < 1.29 is 9.47 Å². The smallest absolute Gasteiger partial charge is 0.163 e. The molecule has 21 heavy (non-hydrogen) atoms. The maximum absolute atomic E-state index is 6.30. The molecule has 0 unspecified atom stereocenters. The number of ether oxygens (including phenoxy) is 2. The van der Waals surface area contributed by atoms with Gasteiger partial charge in [0.25, 0.3) is 0 Å². The number of H-pyrrole nitrogens is 1. The number of nitrogens with zero attached hydrogens (tertiary/aromatic N) is 1. The summed E-state index contributed by atoms with van der Waals surface area (Å²) in [7, 11) is 0. The van der Waals surface area contributed by atoms with E-state index in [9.17, 15) is 0 Å². The molecule has 1 aliphatic heterocycles. The van der Waals surface area contributed by atoms with E-state index in [4.69, 9.17) is 20.2 Å². The first-order valence-corrected chi connectivity index (χ1v) is 7.38. The maximum Gasteiger partial charge on any atom is 0.163 e. The number of nitrogens with two attached hydrogens (primary N) is 1. The van der Waals surface area contributed by atoms with E-state index in [1.54, 1.807) is 0 Å². The number of imidazole rings is 1. The third-order valence-corrected chi connectivity index (χ3v) is 4.55. The van der Waals surface area contributed by atoms with Crippen LogP contribution in [0.3, 0.4) is 0 Å². The summed E-state index contributed by atoms with van der Waals surface area (Å²) in [5, 5.41) is 0. The van der Waals surface area contributed by atoms with Crippen LogP contribution in [0.5, 0.6) is 11.5 Å². The predicted molar refractivity (Wildman–Crippen MR) is 83.0 cm³/mol. The van der Waals surface area contributed by atoms with Crippen molar-refractivity contribution in [1.82, 2.24) is 9.97 Å². The Morgan fingerprint density at radius 2 is 1.71 bits per heavy atom. The molecule has 0 spiro atoms. The summed E-state index contributed by atoms with van der Waals surface area (Å²) in [6.45, 7) is 9.59. The van der Waals surface area contributed by atoms with Crippen molar-refractivity contribution >= 4 is 11.0 Å². The van der Waals surface area contributed by atoms with Crippen LogP contribution >= 0.6 is 0 Å². The summed E-state index contributed by atoms with van der Waals surface area (Å²) in [4.78, 5) is 8.10. The van der Waals surface area contributed by atoms with Gasteiger partial charge in [-0.3, -0.25) is 0 Å². The lowest BCUT2D eigenvalue weighted by Gasteiger charge is -2.36. The van der Waals surface area contributed by atoms with Crippen LogP contribution in [0.1, 0.15) is 39.9 Å². The molecular formula is C16H23N3O2. The fraction of sp³-hybridized carbons (Fsp3) is 0.562. The van der Waals surface area contributed by atoms with Gasteiger partial charge < -0.3 is 20.2 Å². The van der Waals surface area contributed by atoms with Gasteiger partial charge in [-0.15, -0.1) is 0 Å². The van der Waals surface area contributed by atoms with Gasteiger partial charge >= 0.3 is 0 Å². The molecule has 5 nitrogen and oxygen atoms in total. The highest BCUT2D eigenvalue weighted by atomic mass is 16.5. The van der Waals surface area contributed by atoms with Crippen molar-refractivity contribution in [2.24, 2.45) is 5.73 Å². The van der Waals surface area contributed by atoms with E-state index >= 15 is 0 Å². The molecule has 5 heteroatoms. The van der Waals surface area contributed by atoms with Crippen LogP contribution < -0.4 is 15.2 Å². The third kappa shape index (κ3) is 2.35. The molecule has 0 aliphatic carbocycles. The van der Waals surface area contributed by atoms with Crippen LogP contribution in [0.2, 0.25) is 0 Å². The molecule has 1 aliphatic rings. The minimum atomic E-state index is -0.384. The second-order valence-corrected chi connectivity index (χ2v) is 6.80. The Bertz CT molecular complexity index is 625. The first-order chi connectivity index (χ1) is 9.79. The van der Waals surface area contributed by atoms with E-state index < -0.39 is 0 Å². The number of hydrogen-bond acceptors (Lipinski definition) is 4. The van der Waals surface area contributed by atoms with E-state index in [2.05, 4.69) is 18.8 Å². The molecule has 2 aromatic rings. The van der Waals surface area contributed by atoms with Gasteiger partial charge in [0.2, 0.25) is 0 Å². The first-order valence-electron chi connectivity index (χ1n) is 7.38. The third-order valence-electron chi connectivity index (χ3n) is 4.55. The van der Waals surface area contributed by atoms with Gasteiger partial charge in [0.05, 0.1) is 24.2 Å². The summed E-state index contributed by atoms with van der Waals surface area (Å²) in [6, 6.07) is 3.90. The van der Waals surface area contributed by atoms with Crippen molar-refractivity contribution in [2.45, 2.75) is 45.1 Å². The summed E-state index contributed by atoms with van der Waals surface area (Å²) in [5.41, 5.74) is 7.48. The van der Waals surface area contributed by atoms with Crippen LogP contribution in [0.15, 0.2) is 12.1 Å². The number of aromatic nitrogens is 2. The van der Waals surface area contributed by atoms with Crippen molar-refractivity contribution in [3.8, 4) is 11.5 Å². The average molecular weight is 289 g/mol. The molecule has 3 N–H and O–H groups in total. The maximum atomic E-state index is 6.30. The molecule has 2 heterocycles. The Morgan fingerprint density at radius 1 is 1.10 bits per heavy atom. The van der Waals surface area contributed by atoms with Gasteiger partial charge in [-0.2, -0.15) is 0 Å². The highest BCUT2D eigenvalue weighted by Gasteiger charge is 2.38. The van der Waals surface area contributed by atoms with Gasteiger partial charge in [0, 0.05) is 29.5 Å². The van der Waals surface area contributed by atoms with Crippen molar-refractivity contribution in [1.29, 1.82) is 0 Å². The van der Waals surface area contributed by atoms with Crippen LogP contribution in [0.4, 0.5) is 0 Å². The zero-order chi connectivity index (χ0) is 15.3. The van der Waals surface area contributed by atoms with Crippen LogP contribution in [-0.2, 0) is 5.41 Å². The molecule has 0 bridgehead atoms. The number of fused-ring (bicyclic) bond motifs is 2. The van der Waals surface area contributed by atoms with Crippen LogP contribution in [0, 0.1) is 0 Å². The number of hydrogen-bond donors (Lipinski definition) is 2. The van der Waals surface area contributed by atoms with Gasteiger partial charge in [-0.05, 0) is 13.8 Å². The number of aromatic amines is 1. The Kier molecular flexibility index (Phi) is 3.13. The van der Waals surface area contributed by atoms with Crippen molar-refractivity contribution in [2.75, 3.05) is 13.2 Å². The predicted octanol–water partition coefficient (Wildman–Crippen LogP) is 2.74. The largest absolute Gasteiger partial charge is 0.489 e. The van der Waals surface area contributed by atoms with Crippen LogP contribution in [-0.4, -0.2) is 28.7 Å². The van der Waals surface area contributed by atoms with Gasteiger partial charge in [-0.25, -0.2) is 4.98 Å². The minimum absolute atomic E-state index is 0.273. The lowest BCUT2D eigenvalue weighted by atomic mass is 9.74. The van der Waals surface area contributed by atoms with E-state index in [1.165, 1.54) is 0 Å². The Balaban J connectivity index is 2.09. The average Bonchev–Trinajstić information content (AvgIpc) is 2.66. The summed E-state index contributed by atoms with van der Waals surface area (Å²) < 4.78 is 11.4. The molecule has 1 aromatic carbocycles. The van der Waals surface area contributed by atoms with Crippen molar-refractivity contribution in [3.05, 3.63) is 18.0 Å². The SMILES string of the molecule is CC(C)(N)C(C)(C)c1nc2cc3c(cc2[nH]1)OCCCO3. The monoisotopic (exact) mass is 289 g/mol. The normalized spacial score (nSPS) is 16.0. The van der Waals surface area contributed by atoms with Crippen LogP contribution in [0.25, 0.3) is 11.0 Å². The molecule has 3 rings (SSSR count). The fourth-order valence-corrected chi connectivity index (χ4v) is 2.27. The lowest BCUT2D eigenvalue weighted by molar-refractivity contribution is 0.293. The Hall–Kier alpha value is -1.75. The zero-order valence-corrected chi connectivity index (χ0v) is 13.1. The number of benzene rings is 1. The molecule has 0 radical (unpaired) electrons. The highest BCUT2D eigenvalue weighted by molar-refractivity contribution is 5.80. The Labute approximate surface area is 124 Å². The second kappa shape index (κ2) is 4.63. The zero-order valence-electron chi connectivity index (χ0n) is 13.1. The van der Waals surface area contributed by atoms with Gasteiger partial charge in [0.1, 0.15) is 5.82 Å². The molecular weight excluding hydrogens is 266 g/mol. The van der Waals surface area contributed by atoms with Crippen molar-refractivity contribution in [3.63, 3.8) is 0 Å². The second-order valence-electron chi connectivity index (χ2n) is 6.80. The summed E-state index contributed by atoms with van der Waals surface area (Å²) in [5.74, 6) is 2.42. The number of rotatable bonds is 2. The lowest BCUT2D eigenvalue weighted by Crippen LogP contribution is -2.50. The highest BCUT2D eigenvalue weighted by Crippen LogP contribution is 2.36. The molecule has 1 aromatic heterocycles. The van der Waals surface area contributed by atoms with E-state index in [1.807, 2.05) is 26.0 Å². The molecule has 114 valence electrons. The topological polar surface area (TPSA) is 73.2 Å². The summed E-state index contributed by atoms with van der Waals surface area (Å²) >= 11 is 0. The standard InChI is InChI=1S/C16H23N3O2/c1-15(2,16(3,4)17)14-18-10-8-12-13(9-11(10)19-14)21-7-5-6-20-12/h8-9H,5-7,17H2,1-4H3,(H,18,19). The first kappa shape index (κ1) is 14.2. The summed E-state index contributed by atoms with van der Waals surface area (Å²) in [6.07, 6.45) is 0.898. The quantitative estimate of drug-likeness (QED) is 0.891. The van der Waals surface area contributed by atoms with E-state index in [0.29, 0.717) is 13.2 Å². The molecule has 0 saturated carbocycles. The fourth-order valence-electron chi connectivity index (χ4n) is 2.27. The van der Waals surface area contributed by atoms with E-state index in [-0.39, 0.29) is 11.0 Å². The Morgan fingerprint density at radius 3 is 2.33 bits per heavy atom. The number of nitrogens with one attached hydrogen (secondary N) is 1. The van der Waals surface area contributed by atoms with Gasteiger partial charge in [-0.1, -0.05) is 13.8 Å². The molecule has 0 fully saturated rings. The van der Waals surface area contributed by atoms with Gasteiger partial charge in [0.15, 0.2) is 11.5 Å².